The molecule has 0 spiro atoms. The van der Waals surface area contributed by atoms with E-state index in [0.29, 0.717) is 0 Å². The molecule has 0 bridgehead atoms. The Bertz CT molecular complexity index is 1040. The molecule has 176 valence electrons. The molecule has 0 saturated carbocycles. The molecule has 2 aliphatic rings. The van der Waals surface area contributed by atoms with Gasteiger partial charge in [0.15, 0.2) is 11.6 Å². The van der Waals surface area contributed by atoms with Crippen molar-refractivity contribution < 1.29 is 18.4 Å². The van der Waals surface area contributed by atoms with Gasteiger partial charge in [-0.05, 0) is 42.8 Å². The van der Waals surface area contributed by atoms with Gasteiger partial charge in [0.05, 0.1) is 6.04 Å². The zero-order chi connectivity index (χ0) is 23.5. The number of anilines is 2. The van der Waals surface area contributed by atoms with Crippen LogP contribution in [0.5, 0.6) is 0 Å². The molecule has 1 saturated heterocycles. The van der Waals surface area contributed by atoms with Crippen molar-refractivity contribution in [1.29, 1.82) is 0 Å². The summed E-state index contributed by atoms with van der Waals surface area (Å²) in [4.78, 5) is 31.6. The minimum absolute atomic E-state index is 0.0207. The van der Waals surface area contributed by atoms with Gasteiger partial charge in [0.25, 0.3) is 0 Å². The van der Waals surface area contributed by atoms with E-state index in [9.17, 15) is 18.4 Å². The van der Waals surface area contributed by atoms with Crippen LogP contribution in [-0.2, 0) is 16.0 Å². The first-order chi connectivity index (χ1) is 15.8. The molecule has 7 nitrogen and oxygen atoms in total. The predicted octanol–water partition coefficient (Wildman–Crippen LogP) is 2.00. The van der Waals surface area contributed by atoms with Gasteiger partial charge in [0.1, 0.15) is 0 Å². The van der Waals surface area contributed by atoms with Gasteiger partial charge in [0, 0.05) is 63.8 Å². The molecule has 4 rings (SSSR count). The molecule has 0 radical (unpaired) electrons. The number of halogens is 2. The molecule has 2 amide bonds. The lowest BCUT2D eigenvalue weighted by Gasteiger charge is -2.38. The van der Waals surface area contributed by atoms with Gasteiger partial charge in [-0.25, -0.2) is 8.78 Å². The maximum atomic E-state index is 13.4. The smallest absolute Gasteiger partial charge is 0.313 e. The van der Waals surface area contributed by atoms with Crippen LogP contribution in [0, 0.1) is 11.6 Å². The van der Waals surface area contributed by atoms with Crippen molar-refractivity contribution in [2.45, 2.75) is 12.5 Å². The summed E-state index contributed by atoms with van der Waals surface area (Å²) in [6.45, 7) is 4.81. The van der Waals surface area contributed by atoms with Crippen molar-refractivity contribution >= 4 is 23.2 Å². The van der Waals surface area contributed by atoms with Crippen LogP contribution in [0.2, 0.25) is 0 Å². The molecule has 1 fully saturated rings. The second kappa shape index (κ2) is 9.84. The third-order valence-corrected chi connectivity index (χ3v) is 6.43. The topological polar surface area (TPSA) is 67.9 Å². The summed E-state index contributed by atoms with van der Waals surface area (Å²) in [5, 5.41) is 5.04. The lowest BCUT2D eigenvalue weighted by Crippen LogP contribution is -2.49. The quantitative estimate of drug-likeness (QED) is 0.673. The number of benzene rings is 2. The lowest BCUT2D eigenvalue weighted by atomic mass is 10.00. The molecule has 2 aliphatic heterocycles. The Labute approximate surface area is 192 Å². The summed E-state index contributed by atoms with van der Waals surface area (Å²) in [5.74, 6) is -3.85. The number of nitrogens with zero attached hydrogens (tertiary/aromatic N) is 3. The molecule has 2 heterocycles. The van der Waals surface area contributed by atoms with Crippen LogP contribution in [0.1, 0.15) is 17.2 Å². The summed E-state index contributed by atoms with van der Waals surface area (Å²) in [6.07, 6.45) is 0.984. The number of piperazine rings is 1. The van der Waals surface area contributed by atoms with E-state index in [1.807, 2.05) is 0 Å². The number of carbonyl (C=O) groups is 2. The molecule has 2 N–H and O–H groups in total. The van der Waals surface area contributed by atoms with E-state index in [0.717, 1.165) is 56.8 Å². The molecule has 33 heavy (non-hydrogen) atoms. The maximum absolute atomic E-state index is 13.4. The van der Waals surface area contributed by atoms with Gasteiger partial charge >= 0.3 is 11.8 Å². The van der Waals surface area contributed by atoms with E-state index in [4.69, 9.17) is 0 Å². The Morgan fingerprint density at radius 2 is 1.70 bits per heavy atom. The summed E-state index contributed by atoms with van der Waals surface area (Å²) in [5.41, 5.74) is 3.64. The highest BCUT2D eigenvalue weighted by Gasteiger charge is 2.27. The fourth-order valence-electron chi connectivity index (χ4n) is 4.42. The number of amides is 2. The fraction of sp³-hybridized carbons (Fsp3) is 0.417. The molecule has 0 unspecified atom stereocenters. The first-order valence-corrected chi connectivity index (χ1v) is 11.1. The van der Waals surface area contributed by atoms with E-state index < -0.39 is 23.4 Å². The largest absolute Gasteiger partial charge is 0.374 e. The van der Waals surface area contributed by atoms with Crippen LogP contribution in [0.3, 0.4) is 0 Å². The van der Waals surface area contributed by atoms with E-state index in [2.05, 4.69) is 57.6 Å². The highest BCUT2D eigenvalue weighted by Crippen LogP contribution is 2.31. The van der Waals surface area contributed by atoms with E-state index >= 15 is 0 Å². The van der Waals surface area contributed by atoms with Crippen molar-refractivity contribution in [3.05, 3.63) is 59.2 Å². The number of hydrogen-bond acceptors (Lipinski definition) is 5. The van der Waals surface area contributed by atoms with E-state index in [-0.39, 0.29) is 18.3 Å². The lowest BCUT2D eigenvalue weighted by molar-refractivity contribution is -0.136. The van der Waals surface area contributed by atoms with Crippen LogP contribution in [0.4, 0.5) is 20.2 Å². The van der Waals surface area contributed by atoms with E-state index in [1.54, 1.807) is 0 Å². The molecule has 0 aromatic heterocycles. The van der Waals surface area contributed by atoms with Gasteiger partial charge in [-0.1, -0.05) is 12.1 Å². The monoisotopic (exact) mass is 457 g/mol. The number of hydrogen-bond donors (Lipinski definition) is 2. The second-order valence-electron chi connectivity index (χ2n) is 8.71. The summed E-state index contributed by atoms with van der Waals surface area (Å²) < 4.78 is 26.5. The maximum Gasteiger partial charge on any atom is 0.313 e. The molecule has 2 aromatic carbocycles. The van der Waals surface area contributed by atoms with Crippen molar-refractivity contribution in [3.63, 3.8) is 0 Å². The average molecular weight is 458 g/mol. The van der Waals surface area contributed by atoms with Crippen LogP contribution in [0.15, 0.2) is 36.4 Å². The number of nitrogens with one attached hydrogen (secondary N) is 2. The summed E-state index contributed by atoms with van der Waals surface area (Å²) >= 11 is 0. The Balaban J connectivity index is 1.45. The molecule has 0 aliphatic carbocycles. The highest BCUT2D eigenvalue weighted by molar-refractivity contribution is 6.39. The van der Waals surface area contributed by atoms with Crippen LogP contribution < -0.4 is 15.5 Å². The van der Waals surface area contributed by atoms with Gasteiger partial charge in [-0.15, -0.1) is 0 Å². The zero-order valence-electron chi connectivity index (χ0n) is 18.9. The highest BCUT2D eigenvalue weighted by atomic mass is 19.2. The third kappa shape index (κ3) is 5.31. The van der Waals surface area contributed by atoms with Gasteiger partial charge in [-0.2, -0.15) is 0 Å². The molecule has 1 atom stereocenters. The predicted molar refractivity (Wildman–Crippen MR) is 123 cm³/mol. The number of rotatable bonds is 5. The Morgan fingerprint density at radius 1 is 0.939 bits per heavy atom. The molecule has 2 aromatic rings. The first-order valence-electron chi connectivity index (χ1n) is 11.1. The normalized spacial score (nSPS) is 17.5. The van der Waals surface area contributed by atoms with Crippen molar-refractivity contribution in [2.24, 2.45) is 0 Å². The van der Waals surface area contributed by atoms with Crippen LogP contribution >= 0.6 is 0 Å². The van der Waals surface area contributed by atoms with Crippen molar-refractivity contribution in [3.8, 4) is 0 Å². The number of likely N-dealkylation sites (N-methyl/N-ethyl adjacent to an activating group) is 2. The summed E-state index contributed by atoms with van der Waals surface area (Å²) in [6, 6.07) is 9.30. The Hall–Kier alpha value is -3.04. The van der Waals surface area contributed by atoms with Crippen molar-refractivity contribution in [2.75, 3.05) is 63.6 Å². The SMILES string of the molecule is CN1CCN([C@H](CNC(=O)C(=O)Nc2ccc(F)c(F)c2)c2ccc3c(c2)CCN3C)CC1. The number of fused-ring (bicyclic) bond motifs is 1. The Morgan fingerprint density at radius 3 is 2.42 bits per heavy atom. The van der Waals surface area contributed by atoms with Gasteiger partial charge in [0.2, 0.25) is 0 Å². The minimum Gasteiger partial charge on any atom is -0.374 e. The fourth-order valence-corrected chi connectivity index (χ4v) is 4.42. The first kappa shape index (κ1) is 23.1. The average Bonchev–Trinajstić information content (AvgIpc) is 3.17. The van der Waals surface area contributed by atoms with Crippen molar-refractivity contribution in [1.82, 2.24) is 15.1 Å². The van der Waals surface area contributed by atoms with Gasteiger partial charge < -0.3 is 20.4 Å². The second-order valence-corrected chi connectivity index (χ2v) is 8.71. The van der Waals surface area contributed by atoms with Crippen LogP contribution in [-0.4, -0.2) is 75.0 Å². The molecule has 9 heteroatoms. The Kier molecular flexibility index (Phi) is 6.90. The van der Waals surface area contributed by atoms with Gasteiger partial charge in [-0.3, -0.25) is 14.5 Å². The standard InChI is InChI=1S/C24H29F2N5O2/c1-29-9-11-31(12-10-29)22(16-3-6-21-17(13-16)7-8-30(21)2)15-27-23(32)24(33)28-18-4-5-19(25)20(26)14-18/h3-6,13-14,22H,7-12,15H2,1-2H3,(H,27,32)(H,28,33)/t22-/m1/s1. The number of carbonyl (C=O) groups excluding carboxylic acids is 2. The summed E-state index contributed by atoms with van der Waals surface area (Å²) in [7, 11) is 4.16. The minimum atomic E-state index is -1.09. The van der Waals surface area contributed by atoms with Crippen LogP contribution in [0.25, 0.3) is 0 Å². The third-order valence-electron chi connectivity index (χ3n) is 6.43. The molecular formula is C24H29F2N5O2. The zero-order valence-corrected chi connectivity index (χ0v) is 18.9. The van der Waals surface area contributed by atoms with E-state index in [1.165, 1.54) is 17.3 Å². The molecular weight excluding hydrogens is 428 g/mol.